The van der Waals surface area contributed by atoms with Crippen molar-refractivity contribution in [1.82, 2.24) is 0 Å². The van der Waals surface area contributed by atoms with Crippen LogP contribution in [0.5, 0.6) is 5.75 Å². The van der Waals surface area contributed by atoms with E-state index in [1.165, 1.54) is 12.1 Å². The lowest BCUT2D eigenvalue weighted by Crippen LogP contribution is -1.77. The van der Waals surface area contributed by atoms with Crippen LogP contribution in [0.15, 0.2) is 24.8 Å². The van der Waals surface area contributed by atoms with Gasteiger partial charge in [-0.1, -0.05) is 12.7 Å². The van der Waals surface area contributed by atoms with Gasteiger partial charge >= 0.3 is 0 Å². The molecule has 0 heterocycles. The Labute approximate surface area is 65.0 Å². The number of phenols is 1. The monoisotopic (exact) mass is 145 g/mol. The van der Waals surface area contributed by atoms with Crippen molar-refractivity contribution in [2.24, 2.45) is 0 Å². The van der Waals surface area contributed by atoms with Crippen molar-refractivity contribution in [3.8, 4) is 11.8 Å². The molecule has 1 rings (SSSR count). The summed E-state index contributed by atoms with van der Waals surface area (Å²) in [5.41, 5.74) is 1.11. The average Bonchev–Trinajstić information content (AvgIpc) is 2.05. The third-order valence-electron chi connectivity index (χ3n) is 1.38. The van der Waals surface area contributed by atoms with Gasteiger partial charge in [-0.25, -0.2) is 0 Å². The first-order chi connectivity index (χ1) is 5.27. The topological polar surface area (TPSA) is 44.0 Å². The Balaban J connectivity index is 3.25. The molecule has 0 saturated carbocycles. The van der Waals surface area contributed by atoms with E-state index in [-0.39, 0.29) is 5.75 Å². The van der Waals surface area contributed by atoms with Crippen LogP contribution in [-0.4, -0.2) is 5.11 Å². The van der Waals surface area contributed by atoms with E-state index in [0.717, 1.165) is 0 Å². The van der Waals surface area contributed by atoms with Crippen molar-refractivity contribution in [2.45, 2.75) is 0 Å². The molecule has 2 nitrogen and oxygen atoms in total. The summed E-state index contributed by atoms with van der Waals surface area (Å²) in [6, 6.07) is 6.60. The van der Waals surface area contributed by atoms with Gasteiger partial charge in [-0.15, -0.1) is 0 Å². The molecule has 0 unspecified atom stereocenters. The molecule has 11 heavy (non-hydrogen) atoms. The summed E-state index contributed by atoms with van der Waals surface area (Å²) in [6.45, 7) is 3.50. The molecule has 0 radical (unpaired) electrons. The minimum absolute atomic E-state index is 0.152. The van der Waals surface area contributed by atoms with E-state index in [1.54, 1.807) is 12.1 Å². The zero-order valence-electron chi connectivity index (χ0n) is 5.91. The van der Waals surface area contributed by atoms with E-state index in [4.69, 9.17) is 10.4 Å². The molecule has 0 aliphatic carbocycles. The van der Waals surface area contributed by atoms with Gasteiger partial charge in [-0.05, 0) is 18.2 Å². The highest BCUT2D eigenvalue weighted by atomic mass is 16.3. The standard InChI is InChI=1S/C9H7NO/c1-2-8-5-7(6-10)3-4-9(8)11/h2-5,11H,1H2. The Hall–Kier alpha value is -1.75. The van der Waals surface area contributed by atoms with Crippen LogP contribution in [0, 0.1) is 11.3 Å². The molecule has 1 aromatic carbocycles. The molecule has 0 aliphatic rings. The van der Waals surface area contributed by atoms with Gasteiger partial charge in [0.1, 0.15) is 5.75 Å². The summed E-state index contributed by atoms with van der Waals surface area (Å²) in [5, 5.41) is 17.6. The second-order valence-electron chi connectivity index (χ2n) is 2.09. The fourth-order valence-electron chi connectivity index (χ4n) is 0.788. The predicted octanol–water partition coefficient (Wildman–Crippen LogP) is 1.91. The van der Waals surface area contributed by atoms with Gasteiger partial charge in [0, 0.05) is 5.56 Å². The van der Waals surface area contributed by atoms with Gasteiger partial charge in [0.05, 0.1) is 11.6 Å². The summed E-state index contributed by atoms with van der Waals surface area (Å²) >= 11 is 0. The van der Waals surface area contributed by atoms with Gasteiger partial charge in [0.15, 0.2) is 0 Å². The minimum atomic E-state index is 0.152. The molecule has 0 saturated heterocycles. The van der Waals surface area contributed by atoms with Crippen LogP contribution >= 0.6 is 0 Å². The first-order valence-electron chi connectivity index (χ1n) is 3.13. The normalized spacial score (nSPS) is 8.64. The maximum Gasteiger partial charge on any atom is 0.122 e. The molecule has 1 N–H and O–H groups in total. The third kappa shape index (κ3) is 1.39. The van der Waals surface area contributed by atoms with Gasteiger partial charge in [-0.2, -0.15) is 5.26 Å². The lowest BCUT2D eigenvalue weighted by molar-refractivity contribution is 0.474. The molecule has 0 atom stereocenters. The van der Waals surface area contributed by atoms with Gasteiger partial charge in [0.2, 0.25) is 0 Å². The maximum absolute atomic E-state index is 9.15. The van der Waals surface area contributed by atoms with Crippen LogP contribution in [0.25, 0.3) is 6.08 Å². The van der Waals surface area contributed by atoms with E-state index in [0.29, 0.717) is 11.1 Å². The van der Waals surface area contributed by atoms with Crippen molar-refractivity contribution in [2.75, 3.05) is 0 Å². The highest BCUT2D eigenvalue weighted by Crippen LogP contribution is 2.18. The number of phenolic OH excluding ortho intramolecular Hbond substituents is 1. The van der Waals surface area contributed by atoms with Crippen molar-refractivity contribution in [1.29, 1.82) is 5.26 Å². The van der Waals surface area contributed by atoms with Gasteiger partial charge < -0.3 is 5.11 Å². The summed E-state index contributed by atoms with van der Waals surface area (Å²) in [4.78, 5) is 0. The molecule has 54 valence electrons. The van der Waals surface area contributed by atoms with Gasteiger partial charge in [-0.3, -0.25) is 0 Å². The van der Waals surface area contributed by atoms with Crippen LogP contribution in [-0.2, 0) is 0 Å². The van der Waals surface area contributed by atoms with E-state index in [2.05, 4.69) is 6.58 Å². The average molecular weight is 145 g/mol. The quantitative estimate of drug-likeness (QED) is 0.655. The van der Waals surface area contributed by atoms with Crippen LogP contribution in [0.4, 0.5) is 0 Å². The van der Waals surface area contributed by atoms with E-state index >= 15 is 0 Å². The fraction of sp³-hybridized carbons (Fsp3) is 0. The Morgan fingerprint density at radius 2 is 2.27 bits per heavy atom. The largest absolute Gasteiger partial charge is 0.507 e. The fourth-order valence-corrected chi connectivity index (χ4v) is 0.788. The van der Waals surface area contributed by atoms with Crippen molar-refractivity contribution in [3.05, 3.63) is 35.9 Å². The minimum Gasteiger partial charge on any atom is -0.507 e. The first kappa shape index (κ1) is 7.36. The Kier molecular flexibility index (Phi) is 1.93. The molecule has 1 aromatic rings. The molecule has 0 amide bonds. The number of rotatable bonds is 1. The number of nitrogens with zero attached hydrogens (tertiary/aromatic N) is 1. The molecule has 2 heteroatoms. The molecule has 0 fully saturated rings. The Morgan fingerprint density at radius 3 is 2.82 bits per heavy atom. The molecule has 0 aromatic heterocycles. The van der Waals surface area contributed by atoms with E-state index < -0.39 is 0 Å². The summed E-state index contributed by atoms with van der Waals surface area (Å²) in [6.07, 6.45) is 1.51. The van der Waals surface area contributed by atoms with Crippen LogP contribution < -0.4 is 0 Å². The number of nitriles is 1. The summed E-state index contributed by atoms with van der Waals surface area (Å²) in [7, 11) is 0. The Bertz CT molecular complexity index is 323. The molecular formula is C9H7NO. The van der Waals surface area contributed by atoms with Crippen molar-refractivity contribution >= 4 is 6.08 Å². The highest BCUT2D eigenvalue weighted by Gasteiger charge is 1.96. The third-order valence-corrected chi connectivity index (χ3v) is 1.38. The van der Waals surface area contributed by atoms with E-state index in [9.17, 15) is 0 Å². The number of benzene rings is 1. The number of hydrogen-bond donors (Lipinski definition) is 1. The van der Waals surface area contributed by atoms with Crippen LogP contribution in [0.1, 0.15) is 11.1 Å². The zero-order chi connectivity index (χ0) is 8.27. The lowest BCUT2D eigenvalue weighted by atomic mass is 10.1. The Morgan fingerprint density at radius 1 is 1.55 bits per heavy atom. The first-order valence-corrected chi connectivity index (χ1v) is 3.13. The van der Waals surface area contributed by atoms with Crippen LogP contribution in [0.3, 0.4) is 0 Å². The highest BCUT2D eigenvalue weighted by molar-refractivity contribution is 5.57. The zero-order valence-corrected chi connectivity index (χ0v) is 5.91. The number of aromatic hydroxyl groups is 1. The second kappa shape index (κ2) is 2.89. The smallest absolute Gasteiger partial charge is 0.122 e. The molecule has 0 spiro atoms. The molecular weight excluding hydrogens is 138 g/mol. The van der Waals surface area contributed by atoms with Crippen molar-refractivity contribution in [3.63, 3.8) is 0 Å². The molecule has 0 bridgehead atoms. The van der Waals surface area contributed by atoms with E-state index in [1.807, 2.05) is 6.07 Å². The summed E-state index contributed by atoms with van der Waals surface area (Å²) < 4.78 is 0. The van der Waals surface area contributed by atoms with Crippen molar-refractivity contribution < 1.29 is 5.11 Å². The summed E-state index contributed by atoms with van der Waals surface area (Å²) in [5.74, 6) is 0.152. The van der Waals surface area contributed by atoms with Gasteiger partial charge in [0.25, 0.3) is 0 Å². The second-order valence-corrected chi connectivity index (χ2v) is 2.09. The maximum atomic E-state index is 9.15. The number of hydrogen-bond acceptors (Lipinski definition) is 2. The molecule has 0 aliphatic heterocycles. The SMILES string of the molecule is C=Cc1cc(C#N)ccc1O. The predicted molar refractivity (Wildman–Crippen MR) is 42.9 cm³/mol. The van der Waals surface area contributed by atoms with Crippen LogP contribution in [0.2, 0.25) is 0 Å². The lowest BCUT2D eigenvalue weighted by Gasteiger charge is -1.96.